The Labute approximate surface area is 110 Å². The summed E-state index contributed by atoms with van der Waals surface area (Å²) in [6.45, 7) is 0. The summed E-state index contributed by atoms with van der Waals surface area (Å²) < 4.78 is 11.3. The second-order valence-electron chi connectivity index (χ2n) is 4.64. The summed E-state index contributed by atoms with van der Waals surface area (Å²) >= 11 is 3.45. The molecule has 0 heterocycles. The zero-order chi connectivity index (χ0) is 12.5. The van der Waals surface area contributed by atoms with Crippen molar-refractivity contribution in [3.8, 4) is 5.75 Å². The minimum Gasteiger partial charge on any atom is -0.496 e. The monoisotopic (exact) mass is 300 g/mol. The Balaban J connectivity index is 2.02. The largest absolute Gasteiger partial charge is 0.496 e. The van der Waals surface area contributed by atoms with Gasteiger partial charge in [0.15, 0.2) is 0 Å². The van der Waals surface area contributed by atoms with E-state index in [2.05, 4.69) is 15.9 Å². The molecule has 0 amide bonds. The highest BCUT2D eigenvalue weighted by Crippen LogP contribution is 2.38. The molecule has 1 N–H and O–H groups in total. The van der Waals surface area contributed by atoms with Crippen LogP contribution in [0.15, 0.2) is 22.7 Å². The van der Waals surface area contributed by atoms with E-state index < -0.39 is 5.60 Å². The van der Waals surface area contributed by atoms with E-state index in [1.165, 1.54) is 0 Å². The van der Waals surface area contributed by atoms with E-state index in [9.17, 15) is 5.11 Å². The molecule has 0 bridgehead atoms. The normalized spacial score (nSPS) is 27.6. The average molecular weight is 301 g/mol. The maximum atomic E-state index is 10.3. The highest BCUT2D eigenvalue weighted by atomic mass is 79.9. The number of rotatable bonds is 4. The van der Waals surface area contributed by atoms with Crippen molar-refractivity contribution in [3.63, 3.8) is 0 Å². The van der Waals surface area contributed by atoms with Crippen molar-refractivity contribution in [3.05, 3.63) is 28.2 Å². The molecular formula is C13H17BrO3. The first-order chi connectivity index (χ1) is 8.06. The van der Waals surface area contributed by atoms with E-state index in [-0.39, 0.29) is 6.10 Å². The minimum atomic E-state index is -0.602. The summed E-state index contributed by atoms with van der Waals surface area (Å²) in [7, 11) is 3.33. The molecule has 94 valence electrons. The predicted octanol–water partition coefficient (Wildman–Crippen LogP) is 2.54. The average Bonchev–Trinajstić information content (AvgIpc) is 2.26. The highest BCUT2D eigenvalue weighted by molar-refractivity contribution is 9.10. The van der Waals surface area contributed by atoms with Gasteiger partial charge in [-0.15, -0.1) is 0 Å². The third kappa shape index (κ3) is 2.81. The lowest BCUT2D eigenvalue weighted by molar-refractivity contribution is -0.126. The Hall–Kier alpha value is -0.580. The molecule has 1 aromatic carbocycles. The molecule has 0 spiro atoms. The number of ether oxygens (including phenoxy) is 2. The number of benzene rings is 1. The molecular weight excluding hydrogens is 284 g/mol. The molecule has 1 fully saturated rings. The summed E-state index contributed by atoms with van der Waals surface area (Å²) in [6, 6.07) is 5.90. The molecule has 1 aromatic rings. The third-order valence-corrected chi connectivity index (χ3v) is 3.92. The van der Waals surface area contributed by atoms with Crippen molar-refractivity contribution in [1.82, 2.24) is 0 Å². The van der Waals surface area contributed by atoms with E-state index in [1.807, 2.05) is 18.2 Å². The van der Waals surface area contributed by atoms with Crippen LogP contribution >= 0.6 is 15.9 Å². The second-order valence-corrected chi connectivity index (χ2v) is 5.49. The highest BCUT2D eigenvalue weighted by Gasteiger charge is 2.42. The zero-order valence-corrected chi connectivity index (χ0v) is 11.7. The Kier molecular flexibility index (Phi) is 3.76. The van der Waals surface area contributed by atoms with Gasteiger partial charge in [0.25, 0.3) is 0 Å². The lowest BCUT2D eigenvalue weighted by atomic mass is 9.74. The summed E-state index contributed by atoms with van der Waals surface area (Å²) in [4.78, 5) is 0. The third-order valence-electron chi connectivity index (χ3n) is 3.30. The van der Waals surface area contributed by atoms with Crippen molar-refractivity contribution in [2.24, 2.45) is 0 Å². The van der Waals surface area contributed by atoms with Gasteiger partial charge in [0.05, 0.1) is 23.3 Å². The van der Waals surface area contributed by atoms with Crippen LogP contribution in [0.1, 0.15) is 18.4 Å². The molecule has 4 heteroatoms. The lowest BCUT2D eigenvalue weighted by Crippen LogP contribution is -2.49. The molecule has 3 nitrogen and oxygen atoms in total. The number of hydrogen-bond acceptors (Lipinski definition) is 3. The van der Waals surface area contributed by atoms with Gasteiger partial charge in [0.2, 0.25) is 0 Å². The molecule has 0 saturated heterocycles. The van der Waals surface area contributed by atoms with E-state index in [4.69, 9.17) is 9.47 Å². The van der Waals surface area contributed by atoms with Crippen LogP contribution in [-0.2, 0) is 11.2 Å². The van der Waals surface area contributed by atoms with E-state index in [0.29, 0.717) is 19.3 Å². The number of hydrogen-bond donors (Lipinski definition) is 1. The fourth-order valence-corrected chi connectivity index (χ4v) is 2.89. The van der Waals surface area contributed by atoms with Crippen LogP contribution in [0, 0.1) is 0 Å². The quantitative estimate of drug-likeness (QED) is 0.929. The maximum Gasteiger partial charge on any atom is 0.133 e. The molecule has 0 aromatic heterocycles. The van der Waals surface area contributed by atoms with Gasteiger partial charge >= 0.3 is 0 Å². The van der Waals surface area contributed by atoms with Crippen LogP contribution in [-0.4, -0.2) is 31.0 Å². The minimum absolute atomic E-state index is 0.210. The number of methoxy groups -OCH3 is 2. The topological polar surface area (TPSA) is 38.7 Å². The van der Waals surface area contributed by atoms with E-state index in [1.54, 1.807) is 14.2 Å². The molecule has 2 rings (SSSR count). The van der Waals surface area contributed by atoms with Crippen LogP contribution in [0.4, 0.5) is 0 Å². The molecule has 1 saturated carbocycles. The second kappa shape index (κ2) is 4.96. The Morgan fingerprint density at radius 3 is 2.65 bits per heavy atom. The summed E-state index contributed by atoms with van der Waals surface area (Å²) in [6.07, 6.45) is 2.30. The van der Waals surface area contributed by atoms with Gasteiger partial charge < -0.3 is 14.6 Å². The Bertz CT molecular complexity index is 400. The molecule has 17 heavy (non-hydrogen) atoms. The summed E-state index contributed by atoms with van der Waals surface area (Å²) in [5.41, 5.74) is 0.504. The molecule has 0 aliphatic heterocycles. The standard InChI is InChI=1S/C13H17BrO3/c1-16-10-7-13(15,8-10)6-9-3-4-12(17-2)11(14)5-9/h3-5,10,15H,6-8H2,1-2H3. The van der Waals surface area contributed by atoms with E-state index >= 15 is 0 Å². The maximum absolute atomic E-state index is 10.3. The Morgan fingerprint density at radius 2 is 2.12 bits per heavy atom. The lowest BCUT2D eigenvalue weighted by Gasteiger charge is -2.42. The van der Waals surface area contributed by atoms with Crippen LogP contribution in [0.2, 0.25) is 0 Å². The number of aliphatic hydroxyl groups is 1. The SMILES string of the molecule is COc1ccc(CC2(O)CC(OC)C2)cc1Br. The fourth-order valence-electron chi connectivity index (χ4n) is 2.30. The molecule has 1 aliphatic carbocycles. The van der Waals surface area contributed by atoms with Crippen molar-refractivity contribution in [2.45, 2.75) is 31.0 Å². The van der Waals surface area contributed by atoms with Gasteiger partial charge in [-0.1, -0.05) is 6.07 Å². The molecule has 0 unspecified atom stereocenters. The first-order valence-electron chi connectivity index (χ1n) is 5.64. The van der Waals surface area contributed by atoms with Gasteiger partial charge in [0, 0.05) is 26.4 Å². The molecule has 0 radical (unpaired) electrons. The summed E-state index contributed by atoms with van der Waals surface area (Å²) in [5.74, 6) is 0.809. The molecule has 0 atom stereocenters. The zero-order valence-electron chi connectivity index (χ0n) is 10.1. The number of halogens is 1. The van der Waals surface area contributed by atoms with Gasteiger partial charge in [-0.2, -0.15) is 0 Å². The van der Waals surface area contributed by atoms with Gasteiger partial charge in [0.1, 0.15) is 5.75 Å². The van der Waals surface area contributed by atoms with Crippen LogP contribution in [0.5, 0.6) is 5.75 Å². The summed E-state index contributed by atoms with van der Waals surface area (Å²) in [5, 5.41) is 10.3. The fraction of sp³-hybridized carbons (Fsp3) is 0.538. The van der Waals surface area contributed by atoms with Crippen LogP contribution in [0.3, 0.4) is 0 Å². The van der Waals surface area contributed by atoms with Crippen molar-refractivity contribution >= 4 is 15.9 Å². The predicted molar refractivity (Wildman–Crippen MR) is 69.4 cm³/mol. The van der Waals surface area contributed by atoms with Crippen LogP contribution < -0.4 is 4.74 Å². The van der Waals surface area contributed by atoms with Gasteiger partial charge in [-0.05, 0) is 33.6 Å². The first kappa shape index (κ1) is 12.9. The van der Waals surface area contributed by atoms with E-state index in [0.717, 1.165) is 15.8 Å². The smallest absolute Gasteiger partial charge is 0.133 e. The van der Waals surface area contributed by atoms with Crippen molar-refractivity contribution in [1.29, 1.82) is 0 Å². The van der Waals surface area contributed by atoms with Crippen molar-refractivity contribution in [2.75, 3.05) is 14.2 Å². The first-order valence-corrected chi connectivity index (χ1v) is 6.43. The molecule has 1 aliphatic rings. The van der Waals surface area contributed by atoms with Gasteiger partial charge in [-0.3, -0.25) is 0 Å². The van der Waals surface area contributed by atoms with Crippen LogP contribution in [0.25, 0.3) is 0 Å². The Morgan fingerprint density at radius 1 is 1.41 bits per heavy atom. The van der Waals surface area contributed by atoms with Crippen molar-refractivity contribution < 1.29 is 14.6 Å². The van der Waals surface area contributed by atoms with Gasteiger partial charge in [-0.25, -0.2) is 0 Å².